The molecule has 0 spiro atoms. The van der Waals surface area contributed by atoms with E-state index in [-0.39, 0.29) is 6.54 Å². The largest absolute Gasteiger partial charge is 0.497 e. The highest BCUT2D eigenvalue weighted by atomic mass is 32.2. The van der Waals surface area contributed by atoms with Gasteiger partial charge in [0.05, 0.1) is 25.1 Å². The highest BCUT2D eigenvalue weighted by Crippen LogP contribution is 2.26. The third-order valence-corrected chi connectivity index (χ3v) is 6.13. The Hall–Kier alpha value is -3.32. The van der Waals surface area contributed by atoms with E-state index in [1.165, 1.54) is 7.11 Å². The molecule has 0 radical (unpaired) electrons. The molecule has 3 aromatic rings. The summed E-state index contributed by atoms with van der Waals surface area (Å²) in [5, 5.41) is 3.02. The van der Waals surface area contributed by atoms with Gasteiger partial charge in [0, 0.05) is 0 Å². The highest BCUT2D eigenvalue weighted by Gasteiger charge is 2.24. The maximum atomic E-state index is 13.0. The van der Waals surface area contributed by atoms with Gasteiger partial charge < -0.3 is 10.1 Å². The number of amides is 1. The Morgan fingerprint density at radius 3 is 2.16 bits per heavy atom. The van der Waals surface area contributed by atoms with Crippen molar-refractivity contribution in [1.29, 1.82) is 0 Å². The second-order valence-corrected chi connectivity index (χ2v) is 9.14. The number of benzene rings is 3. The number of nitrogens with zero attached hydrogens (tertiary/aromatic N) is 1. The third kappa shape index (κ3) is 5.64. The number of nitrogens with one attached hydrogen (secondary N) is 1. The van der Waals surface area contributed by atoms with Crippen LogP contribution in [-0.2, 0) is 14.8 Å². The molecular weight excluding hydrogens is 412 g/mol. The molecule has 0 aliphatic carbocycles. The number of ether oxygens (including phenoxy) is 1. The van der Waals surface area contributed by atoms with Crippen molar-refractivity contribution in [2.24, 2.45) is 0 Å². The number of carbonyl (C=O) groups excluding carboxylic acids is 1. The van der Waals surface area contributed by atoms with Gasteiger partial charge in [0.25, 0.3) is 0 Å². The predicted octanol–water partition coefficient (Wildman–Crippen LogP) is 3.68. The van der Waals surface area contributed by atoms with Crippen molar-refractivity contribution in [3.8, 4) is 5.75 Å². The number of aryl methyl sites for hydroxylation is 1. The van der Waals surface area contributed by atoms with Crippen LogP contribution in [0.3, 0.4) is 0 Å². The van der Waals surface area contributed by atoms with Crippen molar-refractivity contribution < 1.29 is 17.9 Å². The first-order chi connectivity index (χ1) is 14.8. The van der Waals surface area contributed by atoms with Gasteiger partial charge in [0.1, 0.15) is 12.3 Å². The smallest absolute Gasteiger partial charge is 0.241 e. The van der Waals surface area contributed by atoms with E-state index in [4.69, 9.17) is 4.74 Å². The first-order valence-corrected chi connectivity index (χ1v) is 11.7. The zero-order valence-electron chi connectivity index (χ0n) is 17.8. The number of rotatable bonds is 8. The van der Waals surface area contributed by atoms with E-state index in [0.717, 1.165) is 27.3 Å². The fourth-order valence-electron chi connectivity index (χ4n) is 3.38. The van der Waals surface area contributed by atoms with Crippen LogP contribution in [0.4, 0.5) is 5.69 Å². The Kier molecular flexibility index (Phi) is 6.97. The molecule has 0 unspecified atom stereocenters. The summed E-state index contributed by atoms with van der Waals surface area (Å²) in [6.45, 7) is 1.65. The first kappa shape index (κ1) is 22.4. The number of anilines is 1. The number of sulfonamides is 1. The fraction of sp³-hybridized carbons (Fsp3) is 0.208. The van der Waals surface area contributed by atoms with Gasteiger partial charge in [-0.1, -0.05) is 54.6 Å². The summed E-state index contributed by atoms with van der Waals surface area (Å²) in [5.41, 5.74) is 3.30. The first-order valence-electron chi connectivity index (χ1n) is 9.81. The minimum absolute atomic E-state index is 0.333. The van der Waals surface area contributed by atoms with Crippen molar-refractivity contribution in [3.63, 3.8) is 0 Å². The number of methoxy groups -OCH3 is 1. The topological polar surface area (TPSA) is 75.7 Å². The lowest BCUT2D eigenvalue weighted by molar-refractivity contribution is -0.120. The average molecular weight is 439 g/mol. The monoisotopic (exact) mass is 438 g/mol. The van der Waals surface area contributed by atoms with Crippen molar-refractivity contribution in [2.75, 3.05) is 24.2 Å². The second kappa shape index (κ2) is 9.66. The van der Waals surface area contributed by atoms with Gasteiger partial charge in [0.2, 0.25) is 15.9 Å². The van der Waals surface area contributed by atoms with Gasteiger partial charge >= 0.3 is 0 Å². The van der Waals surface area contributed by atoms with E-state index < -0.39 is 22.0 Å². The highest BCUT2D eigenvalue weighted by molar-refractivity contribution is 7.92. The molecule has 1 amide bonds. The fourth-order valence-corrected chi connectivity index (χ4v) is 4.24. The summed E-state index contributed by atoms with van der Waals surface area (Å²) in [4.78, 5) is 13.0. The van der Waals surface area contributed by atoms with Crippen molar-refractivity contribution in [2.45, 2.75) is 13.0 Å². The van der Waals surface area contributed by atoms with Crippen LogP contribution in [0.15, 0.2) is 78.9 Å². The van der Waals surface area contributed by atoms with Gasteiger partial charge in [-0.05, 0) is 47.9 Å². The molecule has 0 aliphatic heterocycles. The molecule has 0 heterocycles. The minimum Gasteiger partial charge on any atom is -0.497 e. The Morgan fingerprint density at radius 2 is 1.58 bits per heavy atom. The molecule has 0 bridgehead atoms. The molecule has 7 heteroatoms. The molecule has 31 heavy (non-hydrogen) atoms. The molecule has 0 aromatic heterocycles. The molecule has 0 saturated carbocycles. The van der Waals surface area contributed by atoms with Gasteiger partial charge in [-0.15, -0.1) is 0 Å². The molecule has 162 valence electrons. The summed E-state index contributed by atoms with van der Waals surface area (Å²) in [7, 11) is -2.14. The van der Waals surface area contributed by atoms with Crippen LogP contribution in [0, 0.1) is 6.92 Å². The Labute approximate surface area is 183 Å². The van der Waals surface area contributed by atoms with Crippen molar-refractivity contribution in [1.82, 2.24) is 5.32 Å². The zero-order chi connectivity index (χ0) is 22.4. The van der Waals surface area contributed by atoms with Crippen LogP contribution in [-0.4, -0.2) is 34.2 Å². The van der Waals surface area contributed by atoms with Crippen LogP contribution in [0.1, 0.15) is 22.7 Å². The van der Waals surface area contributed by atoms with E-state index >= 15 is 0 Å². The third-order valence-electron chi connectivity index (χ3n) is 4.99. The average Bonchev–Trinajstić information content (AvgIpc) is 2.76. The molecule has 0 saturated heterocycles. The normalized spacial score (nSPS) is 12.1. The van der Waals surface area contributed by atoms with Gasteiger partial charge in [0.15, 0.2) is 0 Å². The minimum atomic E-state index is -3.67. The van der Waals surface area contributed by atoms with Gasteiger partial charge in [-0.25, -0.2) is 8.42 Å². The van der Waals surface area contributed by atoms with Gasteiger partial charge in [-0.3, -0.25) is 9.10 Å². The van der Waals surface area contributed by atoms with E-state index in [1.54, 1.807) is 24.3 Å². The molecular formula is C24H26N2O4S. The van der Waals surface area contributed by atoms with Crippen LogP contribution >= 0.6 is 0 Å². The van der Waals surface area contributed by atoms with Gasteiger partial charge in [-0.2, -0.15) is 0 Å². The SMILES string of the molecule is COc1ccc(N(CC(=O)N[C@@H](c2ccccc2)c2ccccc2C)S(C)(=O)=O)cc1. The Balaban J connectivity index is 1.89. The van der Waals surface area contributed by atoms with Crippen LogP contribution in [0.25, 0.3) is 0 Å². The summed E-state index contributed by atoms with van der Waals surface area (Å²) in [6.07, 6.45) is 1.08. The summed E-state index contributed by atoms with van der Waals surface area (Å²) in [6, 6.07) is 23.6. The molecule has 0 aliphatic rings. The second-order valence-electron chi connectivity index (χ2n) is 7.24. The van der Waals surface area contributed by atoms with Crippen LogP contribution in [0.5, 0.6) is 5.75 Å². The summed E-state index contributed by atoms with van der Waals surface area (Å²) < 4.78 is 31.0. The lowest BCUT2D eigenvalue weighted by Crippen LogP contribution is -2.42. The van der Waals surface area contributed by atoms with E-state index in [1.807, 2.05) is 61.5 Å². The quantitative estimate of drug-likeness (QED) is 0.582. The predicted molar refractivity (Wildman–Crippen MR) is 123 cm³/mol. The molecule has 1 N–H and O–H groups in total. The Morgan fingerprint density at radius 1 is 0.968 bits per heavy atom. The maximum absolute atomic E-state index is 13.0. The number of hydrogen-bond acceptors (Lipinski definition) is 4. The zero-order valence-corrected chi connectivity index (χ0v) is 18.6. The molecule has 1 atom stereocenters. The standard InChI is InChI=1S/C24H26N2O4S/c1-18-9-7-8-12-22(18)24(19-10-5-4-6-11-19)25-23(27)17-26(31(3,28)29)20-13-15-21(30-2)16-14-20/h4-16,24H,17H2,1-3H3,(H,25,27)/t24-/m0/s1. The van der Waals surface area contributed by atoms with E-state index in [0.29, 0.717) is 11.4 Å². The van der Waals surface area contributed by atoms with E-state index in [9.17, 15) is 13.2 Å². The van der Waals surface area contributed by atoms with Crippen LogP contribution < -0.4 is 14.4 Å². The lowest BCUT2D eigenvalue weighted by Gasteiger charge is -2.25. The maximum Gasteiger partial charge on any atom is 0.241 e. The molecule has 6 nitrogen and oxygen atoms in total. The van der Waals surface area contributed by atoms with Crippen molar-refractivity contribution >= 4 is 21.6 Å². The molecule has 3 rings (SSSR count). The number of carbonyl (C=O) groups is 1. The summed E-state index contributed by atoms with van der Waals surface area (Å²) in [5.74, 6) is 0.198. The summed E-state index contributed by atoms with van der Waals surface area (Å²) >= 11 is 0. The molecule has 3 aromatic carbocycles. The van der Waals surface area contributed by atoms with Crippen LogP contribution in [0.2, 0.25) is 0 Å². The number of hydrogen-bond donors (Lipinski definition) is 1. The van der Waals surface area contributed by atoms with E-state index in [2.05, 4.69) is 5.32 Å². The Bertz CT molecular complexity index is 1130. The lowest BCUT2D eigenvalue weighted by atomic mass is 9.95. The molecule has 0 fully saturated rings. The van der Waals surface area contributed by atoms with Crippen molar-refractivity contribution in [3.05, 3.63) is 95.6 Å².